The molecule has 0 saturated carbocycles. The molecule has 1 N–H and O–H groups in total. The SMILES string of the molecule is CC/C=C(\C)C(=O)Nc1ccc(-n2ncc(C(=O)OCC)c2C(F)(F)F)cc1. The fourth-order valence-electron chi connectivity index (χ4n) is 2.49. The summed E-state index contributed by atoms with van der Waals surface area (Å²) in [4.78, 5) is 23.8. The lowest BCUT2D eigenvalue weighted by atomic mass is 10.2. The van der Waals surface area contributed by atoms with Gasteiger partial charge in [-0.05, 0) is 44.5 Å². The van der Waals surface area contributed by atoms with Crippen molar-refractivity contribution in [3.63, 3.8) is 0 Å². The predicted molar refractivity (Wildman–Crippen MR) is 97.2 cm³/mol. The Morgan fingerprint density at radius 3 is 2.39 bits per heavy atom. The maximum atomic E-state index is 13.5. The Morgan fingerprint density at radius 2 is 1.86 bits per heavy atom. The molecular weight excluding hydrogens is 375 g/mol. The normalized spacial score (nSPS) is 12.0. The van der Waals surface area contributed by atoms with Crippen LogP contribution in [0.3, 0.4) is 0 Å². The van der Waals surface area contributed by atoms with Crippen LogP contribution in [-0.2, 0) is 15.7 Å². The van der Waals surface area contributed by atoms with Crippen LogP contribution >= 0.6 is 0 Å². The van der Waals surface area contributed by atoms with Gasteiger partial charge < -0.3 is 10.1 Å². The third-order valence-electron chi connectivity index (χ3n) is 3.77. The van der Waals surface area contributed by atoms with Crippen LogP contribution in [0.4, 0.5) is 18.9 Å². The number of nitrogens with one attached hydrogen (secondary N) is 1. The monoisotopic (exact) mass is 395 g/mol. The van der Waals surface area contributed by atoms with Crippen LogP contribution in [0.1, 0.15) is 43.2 Å². The number of ether oxygens (including phenoxy) is 1. The number of benzene rings is 1. The van der Waals surface area contributed by atoms with Gasteiger partial charge in [-0.25, -0.2) is 9.48 Å². The highest BCUT2D eigenvalue weighted by atomic mass is 19.4. The van der Waals surface area contributed by atoms with E-state index in [4.69, 9.17) is 0 Å². The summed E-state index contributed by atoms with van der Waals surface area (Å²) in [6.45, 7) is 5.02. The third kappa shape index (κ3) is 4.79. The zero-order valence-corrected chi connectivity index (χ0v) is 15.6. The van der Waals surface area contributed by atoms with Crippen molar-refractivity contribution in [1.29, 1.82) is 0 Å². The fraction of sp³-hybridized carbons (Fsp3) is 0.316. The Bertz CT molecular complexity index is 884. The molecule has 150 valence electrons. The molecule has 2 aromatic rings. The van der Waals surface area contributed by atoms with Gasteiger partial charge in [0.25, 0.3) is 5.91 Å². The number of rotatable bonds is 6. The van der Waals surface area contributed by atoms with Gasteiger partial charge in [-0.2, -0.15) is 18.3 Å². The summed E-state index contributed by atoms with van der Waals surface area (Å²) in [5.74, 6) is -1.39. The van der Waals surface area contributed by atoms with Crippen molar-refractivity contribution in [3.05, 3.63) is 53.4 Å². The van der Waals surface area contributed by atoms with Gasteiger partial charge in [-0.1, -0.05) is 13.0 Å². The van der Waals surface area contributed by atoms with Crippen molar-refractivity contribution >= 4 is 17.6 Å². The molecule has 0 unspecified atom stereocenters. The Hall–Kier alpha value is -3.10. The molecule has 0 aliphatic heterocycles. The van der Waals surface area contributed by atoms with Crippen LogP contribution in [0, 0.1) is 0 Å². The minimum Gasteiger partial charge on any atom is -0.462 e. The number of carbonyl (C=O) groups is 2. The summed E-state index contributed by atoms with van der Waals surface area (Å²) in [5.41, 5.74) is -0.834. The van der Waals surface area contributed by atoms with Gasteiger partial charge in [-0.3, -0.25) is 4.79 Å². The number of aromatic nitrogens is 2. The van der Waals surface area contributed by atoms with Gasteiger partial charge in [0.1, 0.15) is 5.56 Å². The van der Waals surface area contributed by atoms with E-state index in [0.29, 0.717) is 22.4 Å². The number of amides is 1. The van der Waals surface area contributed by atoms with Gasteiger partial charge in [0.2, 0.25) is 0 Å². The van der Waals surface area contributed by atoms with Gasteiger partial charge in [0.15, 0.2) is 5.69 Å². The standard InChI is InChI=1S/C19H20F3N3O3/c1-4-6-12(3)17(26)24-13-7-9-14(10-8-13)25-16(19(20,21)22)15(11-23-25)18(27)28-5-2/h6-11H,4-5H2,1-3H3,(H,24,26)/b12-6+. The molecule has 1 amide bonds. The number of halogens is 3. The molecule has 0 atom stereocenters. The molecular formula is C19H20F3N3O3. The molecule has 0 fully saturated rings. The quantitative estimate of drug-likeness (QED) is 0.583. The molecule has 0 radical (unpaired) electrons. The van der Waals surface area contributed by atoms with E-state index < -0.39 is 23.4 Å². The molecule has 6 nitrogen and oxygen atoms in total. The van der Waals surface area contributed by atoms with E-state index in [0.717, 1.165) is 6.20 Å². The molecule has 0 spiro atoms. The number of esters is 1. The van der Waals surface area contributed by atoms with Crippen molar-refractivity contribution in [2.45, 2.75) is 33.4 Å². The molecule has 0 aliphatic carbocycles. The second-order valence-electron chi connectivity index (χ2n) is 5.83. The maximum absolute atomic E-state index is 13.5. The van der Waals surface area contributed by atoms with Crippen molar-refractivity contribution in [1.82, 2.24) is 9.78 Å². The van der Waals surface area contributed by atoms with Crippen LogP contribution < -0.4 is 5.32 Å². The van der Waals surface area contributed by atoms with Crippen molar-refractivity contribution in [2.24, 2.45) is 0 Å². The highest BCUT2D eigenvalue weighted by Crippen LogP contribution is 2.34. The summed E-state index contributed by atoms with van der Waals surface area (Å²) >= 11 is 0. The van der Waals surface area contributed by atoms with Crippen molar-refractivity contribution in [3.8, 4) is 5.69 Å². The summed E-state index contributed by atoms with van der Waals surface area (Å²) in [5, 5.41) is 6.36. The third-order valence-corrected chi connectivity index (χ3v) is 3.77. The molecule has 1 heterocycles. The van der Waals surface area contributed by atoms with E-state index in [1.54, 1.807) is 13.0 Å². The first kappa shape index (κ1) is 21.2. The second kappa shape index (κ2) is 8.73. The average Bonchev–Trinajstić information content (AvgIpc) is 3.08. The van der Waals surface area contributed by atoms with Gasteiger partial charge >= 0.3 is 12.1 Å². The molecule has 9 heteroatoms. The summed E-state index contributed by atoms with van der Waals surface area (Å²) < 4.78 is 45.8. The van der Waals surface area contributed by atoms with E-state index in [-0.39, 0.29) is 18.2 Å². The number of anilines is 1. The number of nitrogens with zero attached hydrogens (tertiary/aromatic N) is 2. The number of alkyl halides is 3. The highest BCUT2D eigenvalue weighted by Gasteiger charge is 2.41. The van der Waals surface area contributed by atoms with Gasteiger partial charge in [0.05, 0.1) is 18.5 Å². The number of hydrogen-bond donors (Lipinski definition) is 1. The maximum Gasteiger partial charge on any atom is 0.434 e. The minimum absolute atomic E-state index is 0.0540. The lowest BCUT2D eigenvalue weighted by Gasteiger charge is -2.13. The van der Waals surface area contributed by atoms with E-state index in [2.05, 4.69) is 15.2 Å². The Morgan fingerprint density at radius 1 is 1.21 bits per heavy atom. The first-order valence-corrected chi connectivity index (χ1v) is 8.59. The van der Waals surface area contributed by atoms with Crippen molar-refractivity contribution in [2.75, 3.05) is 11.9 Å². The Labute approximate surface area is 160 Å². The summed E-state index contributed by atoms with van der Waals surface area (Å²) in [6.07, 6.45) is -1.51. The minimum atomic E-state index is -4.81. The van der Waals surface area contributed by atoms with Crippen molar-refractivity contribution < 1.29 is 27.5 Å². The number of carbonyl (C=O) groups excluding carboxylic acids is 2. The number of allylic oxidation sites excluding steroid dienone is 1. The van der Waals surface area contributed by atoms with E-state index in [9.17, 15) is 22.8 Å². The van der Waals surface area contributed by atoms with Crippen LogP contribution in [0.25, 0.3) is 5.69 Å². The lowest BCUT2D eigenvalue weighted by Crippen LogP contribution is -2.18. The topological polar surface area (TPSA) is 73.2 Å². The second-order valence-corrected chi connectivity index (χ2v) is 5.83. The molecule has 1 aromatic heterocycles. The highest BCUT2D eigenvalue weighted by molar-refractivity contribution is 6.03. The van der Waals surface area contributed by atoms with Crippen LogP contribution in [0.2, 0.25) is 0 Å². The molecule has 0 bridgehead atoms. The molecule has 0 aliphatic rings. The van der Waals surface area contributed by atoms with Gasteiger partial charge in [-0.15, -0.1) is 0 Å². The summed E-state index contributed by atoms with van der Waals surface area (Å²) in [7, 11) is 0. The molecule has 1 aromatic carbocycles. The largest absolute Gasteiger partial charge is 0.462 e. The van der Waals surface area contributed by atoms with E-state index in [1.165, 1.54) is 31.2 Å². The molecule has 2 rings (SSSR count). The van der Waals surface area contributed by atoms with Crippen LogP contribution in [-0.4, -0.2) is 28.3 Å². The van der Waals surface area contributed by atoms with Crippen LogP contribution in [0.15, 0.2) is 42.1 Å². The predicted octanol–water partition coefficient (Wildman–Crippen LogP) is 4.36. The van der Waals surface area contributed by atoms with Gasteiger partial charge in [0, 0.05) is 11.3 Å². The average molecular weight is 395 g/mol. The fourth-order valence-corrected chi connectivity index (χ4v) is 2.49. The van der Waals surface area contributed by atoms with E-state index in [1.807, 2.05) is 6.92 Å². The Kier molecular flexibility index (Phi) is 6.61. The number of hydrogen-bond acceptors (Lipinski definition) is 4. The summed E-state index contributed by atoms with van der Waals surface area (Å²) in [6, 6.07) is 5.65. The zero-order valence-electron chi connectivity index (χ0n) is 15.6. The lowest BCUT2D eigenvalue weighted by molar-refractivity contribution is -0.143. The smallest absolute Gasteiger partial charge is 0.434 e. The first-order valence-electron chi connectivity index (χ1n) is 8.59. The van der Waals surface area contributed by atoms with Crippen LogP contribution in [0.5, 0.6) is 0 Å². The Balaban J connectivity index is 2.35. The molecule has 0 saturated heterocycles. The van der Waals surface area contributed by atoms with E-state index >= 15 is 0 Å². The first-order chi connectivity index (χ1) is 13.2. The molecule has 28 heavy (non-hydrogen) atoms. The zero-order chi connectivity index (χ0) is 20.9.